The molecule has 1 aromatic carbocycles. The topological polar surface area (TPSA) is 88.1 Å². The van der Waals surface area contributed by atoms with Gasteiger partial charge in [0.25, 0.3) is 0 Å². The molecule has 3 aromatic rings. The van der Waals surface area contributed by atoms with E-state index >= 15 is 0 Å². The van der Waals surface area contributed by atoms with Gasteiger partial charge < -0.3 is 5.32 Å². The lowest BCUT2D eigenvalue weighted by atomic mass is 10.2. The number of rotatable bonds is 5. The van der Waals surface area contributed by atoms with Gasteiger partial charge in [0.1, 0.15) is 12.1 Å². The number of sulfonamides is 1. The molecule has 1 saturated heterocycles. The molecule has 2 aromatic heterocycles. The molecular weight excluding hydrogens is 350 g/mol. The summed E-state index contributed by atoms with van der Waals surface area (Å²) in [6.07, 6.45) is 5.04. The number of fused-ring (bicyclic) bond motifs is 1. The van der Waals surface area contributed by atoms with Crippen molar-refractivity contribution >= 4 is 26.9 Å². The van der Waals surface area contributed by atoms with E-state index in [9.17, 15) is 8.42 Å². The van der Waals surface area contributed by atoms with Gasteiger partial charge in [0, 0.05) is 25.8 Å². The molecule has 8 heteroatoms. The first-order valence-electron chi connectivity index (χ1n) is 8.53. The van der Waals surface area contributed by atoms with Crippen LogP contribution in [-0.4, -0.2) is 40.8 Å². The maximum Gasteiger partial charge on any atom is 0.243 e. The minimum atomic E-state index is -3.37. The molecule has 4 rings (SSSR count). The molecule has 26 heavy (non-hydrogen) atoms. The Kier molecular flexibility index (Phi) is 4.52. The molecule has 3 heterocycles. The van der Waals surface area contributed by atoms with Crippen molar-refractivity contribution in [1.29, 1.82) is 0 Å². The van der Waals surface area contributed by atoms with Crippen LogP contribution < -0.4 is 5.32 Å². The summed E-state index contributed by atoms with van der Waals surface area (Å²) in [6, 6.07) is 10.8. The lowest BCUT2D eigenvalue weighted by molar-refractivity contribution is 0.477. The molecule has 1 fully saturated rings. The number of pyridine rings is 1. The smallest absolute Gasteiger partial charge is 0.243 e. The Morgan fingerprint density at radius 1 is 1.00 bits per heavy atom. The number of hydrogen-bond acceptors (Lipinski definition) is 6. The summed E-state index contributed by atoms with van der Waals surface area (Å²) >= 11 is 0. The highest BCUT2D eigenvalue weighted by atomic mass is 32.2. The lowest BCUT2D eigenvalue weighted by Crippen LogP contribution is -2.27. The summed E-state index contributed by atoms with van der Waals surface area (Å²) < 4.78 is 26.7. The fourth-order valence-corrected chi connectivity index (χ4v) is 4.60. The van der Waals surface area contributed by atoms with E-state index in [4.69, 9.17) is 0 Å². The molecule has 0 unspecified atom stereocenters. The zero-order valence-corrected chi connectivity index (χ0v) is 15.0. The van der Waals surface area contributed by atoms with E-state index in [0.29, 0.717) is 36.0 Å². The largest absolute Gasteiger partial charge is 0.365 e. The van der Waals surface area contributed by atoms with Crippen LogP contribution in [0.1, 0.15) is 18.4 Å². The molecule has 1 N–H and O–H groups in total. The van der Waals surface area contributed by atoms with Gasteiger partial charge in [0.15, 0.2) is 5.65 Å². The number of nitrogens with one attached hydrogen (secondary N) is 1. The molecule has 0 radical (unpaired) electrons. The first-order valence-corrected chi connectivity index (χ1v) is 9.97. The van der Waals surface area contributed by atoms with Crippen molar-refractivity contribution in [3.05, 3.63) is 54.5 Å². The first-order chi connectivity index (χ1) is 12.6. The average molecular weight is 369 g/mol. The molecule has 0 atom stereocenters. The number of aromatic nitrogens is 3. The summed E-state index contributed by atoms with van der Waals surface area (Å²) in [5.74, 6) is 0.705. The van der Waals surface area contributed by atoms with Gasteiger partial charge in [0.05, 0.1) is 10.3 Å². The second-order valence-electron chi connectivity index (χ2n) is 6.21. The fraction of sp³-hybridized carbons (Fsp3) is 0.278. The Balaban J connectivity index is 1.49. The molecule has 0 saturated carbocycles. The monoisotopic (exact) mass is 369 g/mol. The summed E-state index contributed by atoms with van der Waals surface area (Å²) in [5, 5.41) is 4.12. The van der Waals surface area contributed by atoms with Crippen molar-refractivity contribution < 1.29 is 8.42 Å². The van der Waals surface area contributed by atoms with E-state index in [0.717, 1.165) is 23.8 Å². The van der Waals surface area contributed by atoms with E-state index < -0.39 is 10.0 Å². The van der Waals surface area contributed by atoms with Gasteiger partial charge in [-0.15, -0.1) is 0 Å². The molecule has 1 aliphatic heterocycles. The Hall–Kier alpha value is -2.58. The molecule has 7 nitrogen and oxygen atoms in total. The Morgan fingerprint density at radius 3 is 2.54 bits per heavy atom. The van der Waals surface area contributed by atoms with Crippen LogP contribution in [0.15, 0.2) is 53.8 Å². The highest BCUT2D eigenvalue weighted by Gasteiger charge is 2.26. The number of benzene rings is 1. The van der Waals surface area contributed by atoms with Crippen LogP contribution in [0.25, 0.3) is 11.0 Å². The van der Waals surface area contributed by atoms with Crippen molar-refractivity contribution in [1.82, 2.24) is 19.3 Å². The highest BCUT2D eigenvalue weighted by Crippen LogP contribution is 2.22. The Labute approximate surface area is 152 Å². The van der Waals surface area contributed by atoms with E-state index in [2.05, 4.69) is 20.3 Å². The van der Waals surface area contributed by atoms with E-state index in [1.165, 1.54) is 6.33 Å². The SMILES string of the molecule is O=S(=O)(c1ccc(CNc2ncnc3ncccc23)cc1)N1CCCC1. The van der Waals surface area contributed by atoms with Crippen LogP contribution in [0.5, 0.6) is 0 Å². The van der Waals surface area contributed by atoms with Gasteiger partial charge in [-0.1, -0.05) is 12.1 Å². The van der Waals surface area contributed by atoms with Gasteiger partial charge in [-0.3, -0.25) is 0 Å². The Morgan fingerprint density at radius 2 is 1.77 bits per heavy atom. The minimum Gasteiger partial charge on any atom is -0.365 e. The van der Waals surface area contributed by atoms with Gasteiger partial charge in [0.2, 0.25) is 10.0 Å². The van der Waals surface area contributed by atoms with Gasteiger partial charge in [-0.05, 0) is 42.7 Å². The van der Waals surface area contributed by atoms with Crippen molar-refractivity contribution in [3.63, 3.8) is 0 Å². The predicted molar refractivity (Wildman–Crippen MR) is 99.1 cm³/mol. The number of nitrogens with zero attached hydrogens (tertiary/aromatic N) is 4. The van der Waals surface area contributed by atoms with Crippen molar-refractivity contribution in [2.45, 2.75) is 24.3 Å². The van der Waals surface area contributed by atoms with E-state index in [1.54, 1.807) is 22.6 Å². The zero-order chi connectivity index (χ0) is 18.0. The predicted octanol–water partition coefficient (Wildman–Crippen LogP) is 2.42. The molecule has 134 valence electrons. The molecule has 0 amide bonds. The number of anilines is 1. The lowest BCUT2D eigenvalue weighted by Gasteiger charge is -2.15. The third-order valence-electron chi connectivity index (χ3n) is 4.49. The van der Waals surface area contributed by atoms with Crippen molar-refractivity contribution in [3.8, 4) is 0 Å². The van der Waals surface area contributed by atoms with Crippen molar-refractivity contribution in [2.75, 3.05) is 18.4 Å². The van der Waals surface area contributed by atoms with Crippen LogP contribution in [0.4, 0.5) is 5.82 Å². The molecule has 0 aliphatic carbocycles. The third-order valence-corrected chi connectivity index (χ3v) is 6.41. The van der Waals surface area contributed by atoms with Gasteiger partial charge in [-0.2, -0.15) is 4.31 Å². The first kappa shape index (κ1) is 16.9. The summed E-state index contributed by atoms with van der Waals surface area (Å²) in [5.41, 5.74) is 1.61. The normalized spacial score (nSPS) is 15.4. The zero-order valence-electron chi connectivity index (χ0n) is 14.2. The molecule has 0 bridgehead atoms. The van der Waals surface area contributed by atoms with Crippen LogP contribution in [-0.2, 0) is 16.6 Å². The average Bonchev–Trinajstić information content (AvgIpc) is 3.22. The second-order valence-corrected chi connectivity index (χ2v) is 8.14. The van der Waals surface area contributed by atoms with Gasteiger partial charge >= 0.3 is 0 Å². The molecule has 1 aliphatic rings. The van der Waals surface area contributed by atoms with E-state index in [-0.39, 0.29) is 0 Å². The van der Waals surface area contributed by atoms with Gasteiger partial charge in [-0.25, -0.2) is 23.4 Å². The quantitative estimate of drug-likeness (QED) is 0.743. The van der Waals surface area contributed by atoms with Crippen LogP contribution in [0.3, 0.4) is 0 Å². The summed E-state index contributed by atoms with van der Waals surface area (Å²) in [7, 11) is -3.37. The van der Waals surface area contributed by atoms with Crippen LogP contribution in [0.2, 0.25) is 0 Å². The van der Waals surface area contributed by atoms with E-state index in [1.807, 2.05) is 24.3 Å². The highest BCUT2D eigenvalue weighted by molar-refractivity contribution is 7.89. The summed E-state index contributed by atoms with van der Waals surface area (Å²) in [4.78, 5) is 13.0. The fourth-order valence-electron chi connectivity index (χ4n) is 3.08. The maximum atomic E-state index is 12.6. The number of hydrogen-bond donors (Lipinski definition) is 1. The Bertz CT molecular complexity index is 1010. The second kappa shape index (κ2) is 6.97. The maximum absolute atomic E-state index is 12.6. The molecule has 0 spiro atoms. The minimum absolute atomic E-state index is 0.347. The standard InChI is InChI=1S/C18H19N5O2S/c24-26(25,23-10-1-2-11-23)15-7-5-14(6-8-15)12-20-18-16-4-3-9-19-17(16)21-13-22-18/h3-9,13H,1-2,10-12H2,(H,19,20,21,22). The van der Waals surface area contributed by atoms with Crippen molar-refractivity contribution in [2.24, 2.45) is 0 Å². The summed E-state index contributed by atoms with van der Waals surface area (Å²) in [6.45, 7) is 1.76. The molecular formula is C18H19N5O2S. The van der Waals surface area contributed by atoms with Crippen LogP contribution >= 0.6 is 0 Å². The third kappa shape index (κ3) is 3.25. The van der Waals surface area contributed by atoms with Crippen LogP contribution in [0, 0.1) is 0 Å².